The third-order valence-electron chi connectivity index (χ3n) is 2.79. The van der Waals surface area contributed by atoms with Crippen molar-refractivity contribution in [3.63, 3.8) is 0 Å². The lowest BCUT2D eigenvalue weighted by atomic mass is 10.2. The molecule has 1 aromatic heterocycles. The van der Waals surface area contributed by atoms with Crippen LogP contribution in [0.5, 0.6) is 5.75 Å². The lowest BCUT2D eigenvalue weighted by Gasteiger charge is -2.10. The fourth-order valence-corrected chi connectivity index (χ4v) is 1.74. The zero-order chi connectivity index (χ0) is 13.1. The Bertz CT molecular complexity index is 664. The summed E-state index contributed by atoms with van der Waals surface area (Å²) in [6.45, 7) is 2.21. The first kappa shape index (κ1) is 11.9. The predicted octanol–water partition coefficient (Wildman–Crippen LogP) is 1.78. The number of hydrogen-bond donors (Lipinski definition) is 1. The minimum atomic E-state index is -0.287. The van der Waals surface area contributed by atoms with Crippen molar-refractivity contribution in [1.82, 2.24) is 4.57 Å². The maximum atomic E-state index is 12.0. The van der Waals surface area contributed by atoms with Crippen molar-refractivity contribution in [3.8, 4) is 11.8 Å². The molecule has 0 saturated heterocycles. The number of rotatable bonds is 2. The van der Waals surface area contributed by atoms with Crippen molar-refractivity contribution in [2.45, 2.75) is 13.5 Å². The molecule has 0 unspecified atom stereocenters. The van der Waals surface area contributed by atoms with E-state index in [-0.39, 0.29) is 16.9 Å². The zero-order valence-corrected chi connectivity index (χ0v) is 9.92. The molecule has 0 fully saturated rings. The van der Waals surface area contributed by atoms with Gasteiger partial charge in [-0.25, -0.2) is 0 Å². The van der Waals surface area contributed by atoms with Gasteiger partial charge in [-0.05, 0) is 36.8 Å². The number of phenols is 1. The fraction of sp³-hybridized carbons (Fsp3) is 0.143. The van der Waals surface area contributed by atoms with E-state index in [0.29, 0.717) is 6.54 Å². The molecule has 4 heteroatoms. The summed E-state index contributed by atoms with van der Waals surface area (Å²) in [7, 11) is 0. The minimum absolute atomic E-state index is 0.138. The second-order valence-electron chi connectivity index (χ2n) is 4.06. The van der Waals surface area contributed by atoms with Crippen LogP contribution in [0, 0.1) is 18.3 Å². The first-order chi connectivity index (χ1) is 8.61. The first-order valence-electron chi connectivity index (χ1n) is 5.50. The van der Waals surface area contributed by atoms with Gasteiger partial charge >= 0.3 is 0 Å². The van der Waals surface area contributed by atoms with Crippen LogP contribution in [0.1, 0.15) is 16.8 Å². The molecule has 90 valence electrons. The number of aryl methyl sites for hydroxylation is 1. The second-order valence-corrected chi connectivity index (χ2v) is 4.06. The molecule has 1 aromatic carbocycles. The summed E-state index contributed by atoms with van der Waals surface area (Å²) in [6, 6.07) is 11.8. The highest BCUT2D eigenvalue weighted by Gasteiger charge is 2.06. The van der Waals surface area contributed by atoms with E-state index in [4.69, 9.17) is 5.26 Å². The van der Waals surface area contributed by atoms with Gasteiger partial charge in [-0.15, -0.1) is 0 Å². The molecule has 0 aliphatic heterocycles. The molecule has 1 heterocycles. The standard InChI is InChI=1S/C14H12N2O2/c1-10-2-5-12(8-15)14(18)16(10)9-11-3-6-13(17)7-4-11/h2-7,17H,9H2,1H3. The molecule has 0 spiro atoms. The van der Waals surface area contributed by atoms with Gasteiger partial charge in [-0.1, -0.05) is 12.1 Å². The Morgan fingerprint density at radius 2 is 1.89 bits per heavy atom. The molecule has 2 rings (SSSR count). The molecule has 0 aliphatic carbocycles. The van der Waals surface area contributed by atoms with Crippen LogP contribution in [0.3, 0.4) is 0 Å². The maximum absolute atomic E-state index is 12.0. The Hall–Kier alpha value is -2.54. The van der Waals surface area contributed by atoms with Crippen LogP contribution in [0.4, 0.5) is 0 Å². The molecule has 0 aliphatic rings. The normalized spacial score (nSPS) is 10.0. The summed E-state index contributed by atoms with van der Waals surface area (Å²) in [5, 5.41) is 18.0. The van der Waals surface area contributed by atoms with Crippen LogP contribution >= 0.6 is 0 Å². The van der Waals surface area contributed by atoms with Crippen molar-refractivity contribution in [2.24, 2.45) is 0 Å². The zero-order valence-electron chi connectivity index (χ0n) is 9.92. The Kier molecular flexibility index (Phi) is 3.16. The van der Waals surface area contributed by atoms with Gasteiger partial charge in [0.05, 0.1) is 6.54 Å². The Balaban J connectivity index is 2.43. The van der Waals surface area contributed by atoms with Gasteiger partial charge in [-0.2, -0.15) is 5.26 Å². The Labute approximate surface area is 104 Å². The van der Waals surface area contributed by atoms with Crippen molar-refractivity contribution in [2.75, 3.05) is 0 Å². The number of aromatic hydroxyl groups is 1. The monoisotopic (exact) mass is 240 g/mol. The Morgan fingerprint density at radius 1 is 1.22 bits per heavy atom. The fourth-order valence-electron chi connectivity index (χ4n) is 1.74. The van der Waals surface area contributed by atoms with Crippen LogP contribution in [-0.2, 0) is 6.54 Å². The molecule has 0 atom stereocenters. The predicted molar refractivity (Wildman–Crippen MR) is 67.4 cm³/mol. The number of hydrogen-bond acceptors (Lipinski definition) is 3. The number of benzene rings is 1. The highest BCUT2D eigenvalue weighted by atomic mass is 16.3. The van der Waals surface area contributed by atoms with Crippen molar-refractivity contribution < 1.29 is 5.11 Å². The molecule has 18 heavy (non-hydrogen) atoms. The highest BCUT2D eigenvalue weighted by molar-refractivity contribution is 5.30. The minimum Gasteiger partial charge on any atom is -0.508 e. The second kappa shape index (κ2) is 4.76. The van der Waals surface area contributed by atoms with Gasteiger partial charge < -0.3 is 9.67 Å². The van der Waals surface area contributed by atoms with Crippen LogP contribution in [0.25, 0.3) is 0 Å². The van der Waals surface area contributed by atoms with Gasteiger partial charge in [0.2, 0.25) is 0 Å². The van der Waals surface area contributed by atoms with Gasteiger partial charge in [0.25, 0.3) is 5.56 Å². The summed E-state index contributed by atoms with van der Waals surface area (Å²) in [5.41, 5.74) is 1.55. The van der Waals surface area contributed by atoms with E-state index < -0.39 is 0 Å². The average Bonchev–Trinajstić information content (AvgIpc) is 2.37. The average molecular weight is 240 g/mol. The third kappa shape index (κ3) is 2.25. The molecule has 4 nitrogen and oxygen atoms in total. The molecular weight excluding hydrogens is 228 g/mol. The number of phenolic OH excluding ortho intramolecular Hbond substituents is 1. The lowest BCUT2D eigenvalue weighted by molar-refractivity contribution is 0.475. The largest absolute Gasteiger partial charge is 0.508 e. The SMILES string of the molecule is Cc1ccc(C#N)c(=O)n1Cc1ccc(O)cc1. The third-order valence-corrected chi connectivity index (χ3v) is 2.79. The highest BCUT2D eigenvalue weighted by Crippen LogP contribution is 2.11. The van der Waals surface area contributed by atoms with E-state index in [2.05, 4.69) is 0 Å². The van der Waals surface area contributed by atoms with Crippen molar-refractivity contribution in [1.29, 1.82) is 5.26 Å². The molecule has 0 bridgehead atoms. The summed E-state index contributed by atoms with van der Waals surface area (Å²) in [4.78, 5) is 12.0. The number of pyridine rings is 1. The molecule has 1 N–H and O–H groups in total. The van der Waals surface area contributed by atoms with Crippen molar-refractivity contribution >= 4 is 0 Å². The molecule has 0 amide bonds. The van der Waals surface area contributed by atoms with E-state index in [0.717, 1.165) is 11.3 Å². The van der Waals surface area contributed by atoms with Crippen molar-refractivity contribution in [3.05, 3.63) is 63.6 Å². The van der Waals surface area contributed by atoms with E-state index >= 15 is 0 Å². The number of nitriles is 1. The van der Waals surface area contributed by atoms with E-state index in [1.807, 2.05) is 13.0 Å². The molecule has 0 saturated carbocycles. The number of nitrogens with zero attached hydrogens (tertiary/aromatic N) is 2. The van der Waals surface area contributed by atoms with E-state index in [1.165, 1.54) is 6.07 Å². The van der Waals surface area contributed by atoms with Crippen LogP contribution in [0.15, 0.2) is 41.2 Å². The van der Waals surface area contributed by atoms with E-state index in [9.17, 15) is 9.90 Å². The van der Waals surface area contributed by atoms with Gasteiger partial charge in [0.1, 0.15) is 17.4 Å². The summed E-state index contributed by atoms with van der Waals surface area (Å²) in [6.07, 6.45) is 0. The van der Waals surface area contributed by atoms with Gasteiger partial charge in [-0.3, -0.25) is 4.79 Å². The van der Waals surface area contributed by atoms with Gasteiger partial charge in [0, 0.05) is 5.69 Å². The number of aromatic nitrogens is 1. The lowest BCUT2D eigenvalue weighted by Crippen LogP contribution is -2.24. The maximum Gasteiger partial charge on any atom is 0.268 e. The van der Waals surface area contributed by atoms with Gasteiger partial charge in [0.15, 0.2) is 0 Å². The Morgan fingerprint density at radius 3 is 2.50 bits per heavy atom. The molecule has 2 aromatic rings. The quantitative estimate of drug-likeness (QED) is 0.870. The molecule has 0 radical (unpaired) electrons. The molecular formula is C14H12N2O2. The van der Waals surface area contributed by atoms with E-state index in [1.54, 1.807) is 34.9 Å². The summed E-state index contributed by atoms with van der Waals surface area (Å²) >= 11 is 0. The topological polar surface area (TPSA) is 66.0 Å². The summed E-state index contributed by atoms with van der Waals surface area (Å²) < 4.78 is 1.55. The summed E-state index contributed by atoms with van der Waals surface area (Å²) in [5.74, 6) is 0.189. The van der Waals surface area contributed by atoms with Crippen LogP contribution in [0.2, 0.25) is 0 Å². The van der Waals surface area contributed by atoms with Crippen LogP contribution < -0.4 is 5.56 Å². The smallest absolute Gasteiger partial charge is 0.268 e. The first-order valence-corrected chi connectivity index (χ1v) is 5.50. The van der Waals surface area contributed by atoms with Crippen LogP contribution in [-0.4, -0.2) is 9.67 Å².